The van der Waals surface area contributed by atoms with Crippen LogP contribution in [0.4, 0.5) is 5.69 Å². The lowest BCUT2D eigenvalue weighted by molar-refractivity contribution is -0.121. The van der Waals surface area contributed by atoms with Crippen molar-refractivity contribution in [2.75, 3.05) is 12.4 Å². The minimum Gasteiger partial charge on any atom is -0.325 e. The quantitative estimate of drug-likeness (QED) is 0.716. The van der Waals surface area contributed by atoms with E-state index < -0.39 is 0 Å². The van der Waals surface area contributed by atoms with Crippen molar-refractivity contribution in [2.45, 2.75) is 25.9 Å². The Morgan fingerprint density at radius 1 is 1.14 bits per heavy atom. The van der Waals surface area contributed by atoms with Gasteiger partial charge < -0.3 is 5.32 Å². The molecular weight excluding hydrogens is 352 g/mol. The molecule has 3 aromatic rings. The zero-order valence-electron chi connectivity index (χ0n) is 16.1. The highest BCUT2D eigenvalue weighted by Crippen LogP contribution is 2.22. The van der Waals surface area contributed by atoms with Gasteiger partial charge in [-0.2, -0.15) is 10.4 Å². The molecule has 2 atom stereocenters. The molecule has 0 saturated heterocycles. The molecule has 0 bridgehead atoms. The second-order valence-electron chi connectivity index (χ2n) is 6.63. The third-order valence-corrected chi connectivity index (χ3v) is 4.94. The number of amides is 1. The molecule has 142 valence electrons. The van der Waals surface area contributed by atoms with Crippen LogP contribution in [0, 0.1) is 11.3 Å². The van der Waals surface area contributed by atoms with E-state index in [0.29, 0.717) is 11.3 Å². The van der Waals surface area contributed by atoms with Crippen LogP contribution in [0.3, 0.4) is 0 Å². The van der Waals surface area contributed by atoms with E-state index in [1.54, 1.807) is 35.3 Å². The maximum absolute atomic E-state index is 12.6. The minimum atomic E-state index is -0.333. The Morgan fingerprint density at radius 3 is 2.39 bits per heavy atom. The number of anilines is 1. The highest BCUT2D eigenvalue weighted by atomic mass is 16.2. The average Bonchev–Trinajstić information content (AvgIpc) is 3.27. The molecule has 0 saturated carbocycles. The molecule has 0 aliphatic carbocycles. The first-order valence-corrected chi connectivity index (χ1v) is 8.97. The molecule has 1 heterocycles. The third-order valence-electron chi connectivity index (χ3n) is 4.94. The lowest BCUT2D eigenvalue weighted by atomic mass is 10.1. The Hall–Kier alpha value is -3.50. The van der Waals surface area contributed by atoms with Crippen molar-refractivity contribution in [3.63, 3.8) is 0 Å². The molecule has 1 amide bonds. The average molecular weight is 374 g/mol. The van der Waals surface area contributed by atoms with Crippen LogP contribution in [-0.2, 0) is 4.79 Å². The summed E-state index contributed by atoms with van der Waals surface area (Å²) in [6.45, 7) is 3.94. The zero-order chi connectivity index (χ0) is 20.1. The second-order valence-corrected chi connectivity index (χ2v) is 6.63. The fourth-order valence-corrected chi connectivity index (χ4v) is 2.88. The van der Waals surface area contributed by atoms with E-state index in [1.807, 2.05) is 43.1 Å². The number of nitriles is 1. The topological polar surface area (TPSA) is 86.8 Å². The number of aromatic nitrogens is 3. The molecule has 2 unspecified atom stereocenters. The number of nitrogens with zero attached hydrogens (tertiary/aromatic N) is 5. The monoisotopic (exact) mass is 374 g/mol. The van der Waals surface area contributed by atoms with Gasteiger partial charge in [0.05, 0.1) is 23.4 Å². The lowest BCUT2D eigenvalue weighted by Gasteiger charge is -2.30. The van der Waals surface area contributed by atoms with E-state index in [1.165, 1.54) is 6.33 Å². The fraction of sp³-hybridized carbons (Fsp3) is 0.238. The Bertz CT molecular complexity index is 958. The Kier molecular flexibility index (Phi) is 5.82. The number of hydrogen-bond donors (Lipinski definition) is 1. The molecule has 0 spiro atoms. The smallest absolute Gasteiger partial charge is 0.241 e. The van der Waals surface area contributed by atoms with Gasteiger partial charge in [-0.1, -0.05) is 12.1 Å². The Labute approximate surface area is 164 Å². The standard InChI is InChI=1S/C21H22N6O/c1-15(18-6-10-20(11-7-18)27-14-23-13-24-27)26(3)16(2)21(28)25-19-8-4-17(12-22)5-9-19/h4-11,13-16H,1-3H3,(H,25,28). The van der Waals surface area contributed by atoms with Crippen molar-refractivity contribution in [3.05, 3.63) is 72.3 Å². The second kappa shape index (κ2) is 8.46. The summed E-state index contributed by atoms with van der Waals surface area (Å²) in [6, 6.07) is 16.6. The Balaban J connectivity index is 1.65. The molecule has 1 aromatic heterocycles. The van der Waals surface area contributed by atoms with Crippen LogP contribution in [0.5, 0.6) is 0 Å². The van der Waals surface area contributed by atoms with E-state index in [-0.39, 0.29) is 18.0 Å². The van der Waals surface area contributed by atoms with Gasteiger partial charge in [-0.15, -0.1) is 0 Å². The number of carbonyl (C=O) groups excluding carboxylic acids is 1. The van der Waals surface area contributed by atoms with Gasteiger partial charge in [-0.3, -0.25) is 9.69 Å². The van der Waals surface area contributed by atoms with Crippen LogP contribution in [-0.4, -0.2) is 38.7 Å². The van der Waals surface area contributed by atoms with Crippen LogP contribution in [0.15, 0.2) is 61.2 Å². The minimum absolute atomic E-state index is 0.0477. The normalized spacial score (nSPS) is 13.0. The summed E-state index contributed by atoms with van der Waals surface area (Å²) in [4.78, 5) is 18.6. The van der Waals surface area contributed by atoms with E-state index in [2.05, 4.69) is 28.4 Å². The predicted molar refractivity (Wildman–Crippen MR) is 107 cm³/mol. The summed E-state index contributed by atoms with van der Waals surface area (Å²) in [5.74, 6) is -0.0988. The molecular formula is C21H22N6O. The molecule has 0 radical (unpaired) electrons. The van der Waals surface area contributed by atoms with Gasteiger partial charge in [0, 0.05) is 11.7 Å². The number of nitrogens with one attached hydrogen (secondary N) is 1. The highest BCUT2D eigenvalue weighted by molar-refractivity contribution is 5.94. The van der Waals surface area contributed by atoms with Crippen molar-refractivity contribution in [1.29, 1.82) is 5.26 Å². The maximum atomic E-state index is 12.6. The number of benzene rings is 2. The van der Waals surface area contributed by atoms with E-state index in [4.69, 9.17) is 5.26 Å². The summed E-state index contributed by atoms with van der Waals surface area (Å²) in [7, 11) is 1.93. The van der Waals surface area contributed by atoms with Gasteiger partial charge >= 0.3 is 0 Å². The largest absolute Gasteiger partial charge is 0.325 e. The zero-order valence-corrected chi connectivity index (χ0v) is 16.1. The molecule has 3 rings (SSSR count). The number of likely N-dealkylation sites (N-methyl/N-ethyl adjacent to an activating group) is 1. The van der Waals surface area contributed by atoms with Crippen LogP contribution >= 0.6 is 0 Å². The van der Waals surface area contributed by atoms with Crippen LogP contribution in [0.2, 0.25) is 0 Å². The molecule has 0 aliphatic heterocycles. The number of rotatable bonds is 6. The Morgan fingerprint density at radius 2 is 1.82 bits per heavy atom. The predicted octanol–water partition coefficient (Wildman–Crippen LogP) is 3.16. The summed E-state index contributed by atoms with van der Waals surface area (Å²) in [5, 5.41) is 15.9. The first-order chi connectivity index (χ1) is 13.5. The number of hydrogen-bond acceptors (Lipinski definition) is 5. The van der Waals surface area contributed by atoms with E-state index in [0.717, 1.165) is 11.3 Å². The van der Waals surface area contributed by atoms with Gasteiger partial charge in [-0.05, 0) is 62.9 Å². The SMILES string of the molecule is CC(C(=O)Nc1ccc(C#N)cc1)N(C)C(C)c1ccc(-n2cncn2)cc1. The summed E-state index contributed by atoms with van der Waals surface area (Å²) in [6.07, 6.45) is 3.15. The summed E-state index contributed by atoms with van der Waals surface area (Å²) < 4.78 is 1.70. The summed E-state index contributed by atoms with van der Waals surface area (Å²) in [5.41, 5.74) is 3.27. The molecule has 0 aliphatic rings. The molecule has 1 N–H and O–H groups in total. The number of carbonyl (C=O) groups is 1. The van der Waals surface area contributed by atoms with Crippen molar-refractivity contribution in [3.8, 4) is 11.8 Å². The van der Waals surface area contributed by atoms with Crippen LogP contribution in [0.1, 0.15) is 31.0 Å². The first kappa shape index (κ1) is 19.3. The van der Waals surface area contributed by atoms with Crippen molar-refractivity contribution in [2.24, 2.45) is 0 Å². The molecule has 0 fully saturated rings. The highest BCUT2D eigenvalue weighted by Gasteiger charge is 2.23. The molecule has 28 heavy (non-hydrogen) atoms. The van der Waals surface area contributed by atoms with Gasteiger partial charge in [0.15, 0.2) is 0 Å². The van der Waals surface area contributed by atoms with Gasteiger partial charge in [-0.25, -0.2) is 9.67 Å². The lowest BCUT2D eigenvalue weighted by Crippen LogP contribution is -2.40. The van der Waals surface area contributed by atoms with Gasteiger partial charge in [0.1, 0.15) is 12.7 Å². The summed E-state index contributed by atoms with van der Waals surface area (Å²) >= 11 is 0. The first-order valence-electron chi connectivity index (χ1n) is 8.97. The van der Waals surface area contributed by atoms with E-state index in [9.17, 15) is 4.79 Å². The van der Waals surface area contributed by atoms with Crippen molar-refractivity contribution >= 4 is 11.6 Å². The molecule has 2 aromatic carbocycles. The van der Waals surface area contributed by atoms with Crippen molar-refractivity contribution < 1.29 is 4.79 Å². The van der Waals surface area contributed by atoms with Crippen LogP contribution < -0.4 is 5.32 Å². The van der Waals surface area contributed by atoms with Crippen LogP contribution in [0.25, 0.3) is 5.69 Å². The van der Waals surface area contributed by atoms with Crippen molar-refractivity contribution in [1.82, 2.24) is 19.7 Å². The van der Waals surface area contributed by atoms with Gasteiger partial charge in [0.2, 0.25) is 5.91 Å². The third kappa shape index (κ3) is 4.24. The maximum Gasteiger partial charge on any atom is 0.241 e. The van der Waals surface area contributed by atoms with Gasteiger partial charge in [0.25, 0.3) is 0 Å². The van der Waals surface area contributed by atoms with E-state index >= 15 is 0 Å². The molecule has 7 heteroatoms. The molecule has 7 nitrogen and oxygen atoms in total. The fourth-order valence-electron chi connectivity index (χ4n) is 2.88.